The maximum Gasteiger partial charge on any atom is 0.296 e. The molecule has 0 radical (unpaired) electrons. The third kappa shape index (κ3) is 4.11. The second kappa shape index (κ2) is 8.52. The van der Waals surface area contributed by atoms with Gasteiger partial charge in [0.05, 0.1) is 0 Å². The predicted octanol–water partition coefficient (Wildman–Crippen LogP) is 6.46. The lowest BCUT2D eigenvalue weighted by molar-refractivity contribution is -0.112. The number of benzene rings is 4. The lowest BCUT2D eigenvalue weighted by Gasteiger charge is -2.08. The van der Waals surface area contributed by atoms with E-state index in [-0.39, 0.29) is 5.56 Å². The number of rotatable bonds is 5. The summed E-state index contributed by atoms with van der Waals surface area (Å²) < 4.78 is 15.3. The van der Waals surface area contributed by atoms with Gasteiger partial charge in [-0.3, -0.25) is 9.59 Å². The number of nitrogens with one attached hydrogen (secondary N) is 1. The molecule has 0 bridgehead atoms. The van der Waals surface area contributed by atoms with E-state index >= 15 is 0 Å². The Hall–Kier alpha value is -3.96. The zero-order valence-corrected chi connectivity index (χ0v) is 18.1. The van der Waals surface area contributed by atoms with Crippen LogP contribution < -0.4 is 5.32 Å². The van der Waals surface area contributed by atoms with Crippen LogP contribution in [0, 0.1) is 5.82 Å². The highest BCUT2D eigenvalue weighted by Gasteiger charge is 2.19. The van der Waals surface area contributed by atoms with Crippen molar-refractivity contribution < 1.29 is 14.0 Å². The molecule has 0 saturated heterocycles. The molecule has 0 spiro atoms. The van der Waals surface area contributed by atoms with Crippen LogP contribution in [0.25, 0.3) is 21.8 Å². The summed E-state index contributed by atoms with van der Waals surface area (Å²) in [6.07, 6.45) is 0. The number of amides is 1. The van der Waals surface area contributed by atoms with Crippen LogP contribution in [0.3, 0.4) is 0 Å². The van der Waals surface area contributed by atoms with E-state index in [2.05, 4.69) is 9.88 Å². The molecule has 5 rings (SSSR count). The zero-order valence-electron chi connectivity index (χ0n) is 17.4. The molecule has 0 aliphatic rings. The van der Waals surface area contributed by atoms with Crippen LogP contribution in [0.1, 0.15) is 15.9 Å². The van der Waals surface area contributed by atoms with Crippen LogP contribution >= 0.6 is 11.6 Å². The van der Waals surface area contributed by atoms with Crippen molar-refractivity contribution in [2.45, 2.75) is 6.54 Å². The van der Waals surface area contributed by atoms with Crippen molar-refractivity contribution in [3.05, 3.63) is 113 Å². The molecular weight excluding hydrogens is 439 g/mol. The van der Waals surface area contributed by atoms with Gasteiger partial charge in [0, 0.05) is 44.6 Å². The Labute approximate surface area is 194 Å². The monoisotopic (exact) mass is 456 g/mol. The van der Waals surface area contributed by atoms with Crippen molar-refractivity contribution in [3.63, 3.8) is 0 Å². The Morgan fingerprint density at radius 2 is 1.52 bits per heavy atom. The fraction of sp³-hybridized carbons (Fsp3) is 0.0370. The summed E-state index contributed by atoms with van der Waals surface area (Å²) in [6.45, 7) is 0.638. The van der Waals surface area contributed by atoms with Gasteiger partial charge in [0.25, 0.3) is 11.7 Å². The summed E-state index contributed by atoms with van der Waals surface area (Å²) in [7, 11) is 0. The van der Waals surface area contributed by atoms with E-state index in [0.29, 0.717) is 17.3 Å². The molecule has 1 aromatic heterocycles. The Morgan fingerprint density at radius 3 is 2.27 bits per heavy atom. The number of Topliss-reactive ketones (excluding diaryl/α,β-unsaturated/α-hetero) is 1. The highest BCUT2D eigenvalue weighted by atomic mass is 35.5. The van der Waals surface area contributed by atoms with Gasteiger partial charge in [-0.25, -0.2) is 4.39 Å². The number of nitrogens with zero attached hydrogens (tertiary/aromatic N) is 1. The summed E-state index contributed by atoms with van der Waals surface area (Å²) in [5, 5.41) is 5.09. The molecule has 1 N–H and O–H groups in total. The van der Waals surface area contributed by atoms with Crippen LogP contribution in [0.5, 0.6) is 0 Å². The Morgan fingerprint density at radius 1 is 0.818 bits per heavy atom. The largest absolute Gasteiger partial charge is 0.336 e. The Balaban J connectivity index is 1.51. The average molecular weight is 457 g/mol. The van der Waals surface area contributed by atoms with Gasteiger partial charge in [-0.1, -0.05) is 41.9 Å². The molecule has 1 amide bonds. The first kappa shape index (κ1) is 20.9. The number of anilines is 1. The van der Waals surface area contributed by atoms with E-state index in [0.717, 1.165) is 27.4 Å². The first-order valence-electron chi connectivity index (χ1n) is 10.4. The highest BCUT2D eigenvalue weighted by Crippen LogP contribution is 2.31. The maximum absolute atomic E-state index is 13.1. The maximum atomic E-state index is 13.1. The molecular formula is C27H18ClFN2O2. The first-order chi connectivity index (χ1) is 16.0. The molecule has 4 nitrogen and oxygen atoms in total. The highest BCUT2D eigenvalue weighted by molar-refractivity contribution is 6.46. The number of carbonyl (C=O) groups is 2. The Bertz CT molecular complexity index is 1510. The minimum atomic E-state index is -0.772. The van der Waals surface area contributed by atoms with Crippen LogP contribution in [0.4, 0.5) is 10.1 Å². The number of carbonyl (C=O) groups excluding carboxylic acids is 2. The van der Waals surface area contributed by atoms with Crippen LogP contribution in [-0.2, 0) is 11.3 Å². The Kier molecular flexibility index (Phi) is 5.40. The third-order valence-electron chi connectivity index (χ3n) is 5.60. The van der Waals surface area contributed by atoms with Gasteiger partial charge in [-0.15, -0.1) is 0 Å². The van der Waals surface area contributed by atoms with Gasteiger partial charge < -0.3 is 9.88 Å². The number of aromatic nitrogens is 1. The van der Waals surface area contributed by atoms with Crippen molar-refractivity contribution in [2.75, 3.05) is 5.32 Å². The summed E-state index contributed by atoms with van der Waals surface area (Å²) >= 11 is 6.03. The quantitative estimate of drug-likeness (QED) is 0.244. The van der Waals surface area contributed by atoms with E-state index in [1.165, 1.54) is 24.3 Å². The smallest absolute Gasteiger partial charge is 0.296 e. The third-order valence-corrected chi connectivity index (χ3v) is 5.85. The fourth-order valence-corrected chi connectivity index (χ4v) is 4.12. The zero-order chi connectivity index (χ0) is 22.9. The number of hydrogen-bond acceptors (Lipinski definition) is 2. The predicted molar refractivity (Wildman–Crippen MR) is 129 cm³/mol. The molecule has 1 heterocycles. The second-order valence-corrected chi connectivity index (χ2v) is 8.19. The van der Waals surface area contributed by atoms with Crippen LogP contribution in [-0.4, -0.2) is 16.3 Å². The molecule has 5 aromatic rings. The standard InChI is InChI=1S/C27H18ClFN2O2/c28-19-8-5-17(6-9-19)16-31-24-4-2-1-3-22(24)23-15-18(7-14-25(23)31)26(32)27(33)30-21-12-10-20(29)11-13-21/h1-15H,16H2,(H,30,33). The van der Waals surface area contributed by atoms with Crippen molar-refractivity contribution in [1.29, 1.82) is 0 Å². The minimum Gasteiger partial charge on any atom is -0.336 e. The second-order valence-electron chi connectivity index (χ2n) is 7.75. The minimum absolute atomic E-state index is 0.288. The van der Waals surface area contributed by atoms with Gasteiger partial charge in [0.15, 0.2) is 0 Å². The number of halogens is 2. The molecule has 6 heteroatoms. The van der Waals surface area contributed by atoms with Crippen LogP contribution in [0.2, 0.25) is 5.02 Å². The molecule has 0 atom stereocenters. The van der Waals surface area contributed by atoms with E-state index in [1.807, 2.05) is 54.6 Å². The van der Waals surface area contributed by atoms with E-state index in [1.54, 1.807) is 12.1 Å². The molecule has 0 saturated carbocycles. The van der Waals surface area contributed by atoms with Gasteiger partial charge in [0.1, 0.15) is 5.82 Å². The topological polar surface area (TPSA) is 51.1 Å². The van der Waals surface area contributed by atoms with Crippen LogP contribution in [0.15, 0.2) is 91.0 Å². The fourth-order valence-electron chi connectivity index (χ4n) is 3.99. The SMILES string of the molecule is O=C(Nc1ccc(F)cc1)C(=O)c1ccc2c(c1)c1ccccc1n2Cc1ccc(Cl)cc1. The first-order valence-corrected chi connectivity index (χ1v) is 10.7. The van der Waals surface area contributed by atoms with Crippen molar-refractivity contribution in [3.8, 4) is 0 Å². The summed E-state index contributed by atoms with van der Waals surface area (Å²) in [5.74, 6) is -1.85. The van der Waals surface area contributed by atoms with Gasteiger partial charge in [0.2, 0.25) is 0 Å². The van der Waals surface area contributed by atoms with Crippen molar-refractivity contribution >= 4 is 50.8 Å². The normalized spacial score (nSPS) is 11.1. The molecule has 162 valence electrons. The molecule has 0 aliphatic heterocycles. The summed E-state index contributed by atoms with van der Waals surface area (Å²) in [6, 6.07) is 26.2. The molecule has 0 unspecified atom stereocenters. The summed E-state index contributed by atoms with van der Waals surface area (Å²) in [4.78, 5) is 25.3. The molecule has 4 aromatic carbocycles. The number of para-hydroxylation sites is 1. The molecule has 33 heavy (non-hydrogen) atoms. The molecule has 0 aliphatic carbocycles. The number of ketones is 1. The van der Waals surface area contributed by atoms with E-state index in [9.17, 15) is 14.0 Å². The number of fused-ring (bicyclic) bond motifs is 3. The van der Waals surface area contributed by atoms with Crippen molar-refractivity contribution in [1.82, 2.24) is 4.57 Å². The van der Waals surface area contributed by atoms with E-state index < -0.39 is 17.5 Å². The molecule has 0 fully saturated rings. The van der Waals surface area contributed by atoms with Gasteiger partial charge >= 0.3 is 0 Å². The summed E-state index contributed by atoms with van der Waals surface area (Å²) in [5.41, 5.74) is 3.73. The van der Waals surface area contributed by atoms with Crippen molar-refractivity contribution in [2.24, 2.45) is 0 Å². The van der Waals surface area contributed by atoms with Gasteiger partial charge in [-0.2, -0.15) is 0 Å². The average Bonchev–Trinajstić information content (AvgIpc) is 3.14. The lowest BCUT2D eigenvalue weighted by Crippen LogP contribution is -2.22. The lowest BCUT2D eigenvalue weighted by atomic mass is 10.1. The van der Waals surface area contributed by atoms with Gasteiger partial charge in [-0.05, 0) is 66.2 Å². The van der Waals surface area contributed by atoms with E-state index in [4.69, 9.17) is 11.6 Å². The number of hydrogen-bond donors (Lipinski definition) is 1.